The molecule has 2 nitrogen and oxygen atoms in total. The second kappa shape index (κ2) is 2.86. The summed E-state index contributed by atoms with van der Waals surface area (Å²) in [6.45, 7) is 0. The van der Waals surface area contributed by atoms with Gasteiger partial charge in [0.15, 0.2) is 5.82 Å². The molecule has 0 saturated carbocycles. The molecule has 0 aliphatic rings. The SMILES string of the molecule is NNc1cc(Cl)c[c]c1F. The first kappa shape index (κ1) is 7.31. The Morgan fingerprint density at radius 1 is 1.70 bits per heavy atom. The van der Waals surface area contributed by atoms with Gasteiger partial charge in [-0.25, -0.2) is 4.39 Å². The standard InChI is InChI=1S/C6H5ClFN2/c7-4-1-2-5(8)6(3-4)10-9/h1,3,10H,9H2. The van der Waals surface area contributed by atoms with Gasteiger partial charge in [0.05, 0.1) is 5.69 Å². The summed E-state index contributed by atoms with van der Waals surface area (Å²) in [5, 5.41) is 0.398. The van der Waals surface area contributed by atoms with Gasteiger partial charge in [0, 0.05) is 11.1 Å². The van der Waals surface area contributed by atoms with Gasteiger partial charge in [-0.15, -0.1) is 0 Å². The molecule has 4 heteroatoms. The number of nitrogens with two attached hydrogens (primary N) is 1. The number of rotatable bonds is 1. The molecule has 1 rings (SSSR count). The summed E-state index contributed by atoms with van der Waals surface area (Å²) in [5.41, 5.74) is 2.29. The van der Waals surface area contributed by atoms with Crippen LogP contribution >= 0.6 is 11.6 Å². The molecule has 0 aromatic heterocycles. The maximum atomic E-state index is 12.5. The Hall–Kier alpha value is -0.800. The lowest BCUT2D eigenvalue weighted by atomic mass is 10.3. The summed E-state index contributed by atoms with van der Waals surface area (Å²) in [6.07, 6.45) is 0. The first-order valence-corrected chi connectivity index (χ1v) is 2.95. The van der Waals surface area contributed by atoms with Gasteiger partial charge in [0.2, 0.25) is 0 Å². The van der Waals surface area contributed by atoms with Crippen LogP contribution in [0.25, 0.3) is 0 Å². The van der Waals surface area contributed by atoms with Crippen LogP contribution in [0.15, 0.2) is 12.1 Å². The summed E-state index contributed by atoms with van der Waals surface area (Å²) >= 11 is 5.50. The first-order valence-electron chi connectivity index (χ1n) is 2.57. The fourth-order valence-electron chi connectivity index (χ4n) is 0.558. The van der Waals surface area contributed by atoms with Crippen LogP contribution < -0.4 is 11.3 Å². The molecule has 0 bridgehead atoms. The summed E-state index contributed by atoms with van der Waals surface area (Å²) < 4.78 is 12.5. The third-order valence-corrected chi connectivity index (χ3v) is 1.23. The quantitative estimate of drug-likeness (QED) is 0.482. The molecule has 1 aromatic rings. The van der Waals surface area contributed by atoms with E-state index >= 15 is 0 Å². The van der Waals surface area contributed by atoms with Gasteiger partial charge >= 0.3 is 0 Å². The lowest BCUT2D eigenvalue weighted by Crippen LogP contribution is -2.08. The molecule has 0 saturated heterocycles. The van der Waals surface area contributed by atoms with E-state index in [9.17, 15) is 4.39 Å². The van der Waals surface area contributed by atoms with E-state index in [0.717, 1.165) is 0 Å². The van der Waals surface area contributed by atoms with Crippen molar-refractivity contribution in [3.8, 4) is 0 Å². The van der Waals surface area contributed by atoms with E-state index in [1.807, 2.05) is 0 Å². The van der Waals surface area contributed by atoms with E-state index in [1.165, 1.54) is 12.1 Å². The Labute approximate surface area is 62.8 Å². The normalized spacial score (nSPS) is 9.50. The number of hydrogen-bond donors (Lipinski definition) is 2. The van der Waals surface area contributed by atoms with E-state index < -0.39 is 5.82 Å². The van der Waals surface area contributed by atoms with Crippen molar-refractivity contribution in [2.75, 3.05) is 5.43 Å². The summed E-state index contributed by atoms with van der Waals surface area (Å²) in [4.78, 5) is 0. The number of nitrogens with one attached hydrogen (secondary N) is 1. The number of hydrazine groups is 1. The minimum atomic E-state index is -0.535. The maximum absolute atomic E-state index is 12.5. The van der Waals surface area contributed by atoms with Gasteiger partial charge in [0.1, 0.15) is 0 Å². The van der Waals surface area contributed by atoms with Crippen LogP contribution in [-0.2, 0) is 0 Å². The van der Waals surface area contributed by atoms with Crippen molar-refractivity contribution in [1.29, 1.82) is 0 Å². The molecule has 1 radical (unpaired) electrons. The van der Waals surface area contributed by atoms with Crippen molar-refractivity contribution >= 4 is 17.3 Å². The molecule has 10 heavy (non-hydrogen) atoms. The fourth-order valence-corrected chi connectivity index (χ4v) is 0.722. The molecule has 53 valence electrons. The van der Waals surface area contributed by atoms with Gasteiger partial charge in [-0.3, -0.25) is 5.84 Å². The molecule has 0 aliphatic carbocycles. The molecule has 0 spiro atoms. The molecule has 3 N–H and O–H groups in total. The average molecular weight is 160 g/mol. The van der Waals surface area contributed by atoms with Crippen molar-refractivity contribution in [2.24, 2.45) is 5.84 Å². The molecule has 0 atom stereocenters. The fraction of sp³-hybridized carbons (Fsp3) is 0. The predicted molar refractivity (Wildman–Crippen MR) is 38.1 cm³/mol. The second-order valence-corrected chi connectivity index (χ2v) is 2.13. The van der Waals surface area contributed by atoms with Crippen LogP contribution in [0, 0.1) is 11.9 Å². The Morgan fingerprint density at radius 3 is 2.90 bits per heavy atom. The third-order valence-electron chi connectivity index (χ3n) is 1.01. The predicted octanol–water partition coefficient (Wildman–Crippen LogP) is 1.56. The van der Waals surface area contributed by atoms with Crippen LogP contribution in [0.5, 0.6) is 0 Å². The summed E-state index contributed by atoms with van der Waals surface area (Å²) in [5.74, 6) is 4.42. The van der Waals surface area contributed by atoms with Crippen molar-refractivity contribution in [3.05, 3.63) is 29.0 Å². The zero-order valence-electron chi connectivity index (χ0n) is 4.99. The number of hydrogen-bond acceptors (Lipinski definition) is 2. The van der Waals surface area contributed by atoms with Crippen LogP contribution in [-0.4, -0.2) is 0 Å². The average Bonchev–Trinajstić information content (AvgIpc) is 1.94. The van der Waals surface area contributed by atoms with E-state index in [-0.39, 0.29) is 5.69 Å². The Bertz CT molecular complexity index is 239. The minimum absolute atomic E-state index is 0.146. The van der Waals surface area contributed by atoms with Crippen LogP contribution in [0.3, 0.4) is 0 Å². The topological polar surface area (TPSA) is 38.0 Å². The smallest absolute Gasteiger partial charge is 0.155 e. The monoisotopic (exact) mass is 159 g/mol. The van der Waals surface area contributed by atoms with Crippen molar-refractivity contribution < 1.29 is 4.39 Å². The van der Waals surface area contributed by atoms with Crippen molar-refractivity contribution in [3.63, 3.8) is 0 Å². The van der Waals surface area contributed by atoms with Gasteiger partial charge < -0.3 is 5.43 Å². The highest BCUT2D eigenvalue weighted by Crippen LogP contribution is 2.17. The summed E-state index contributed by atoms with van der Waals surface area (Å²) in [6, 6.07) is 4.99. The molecule has 0 aliphatic heterocycles. The highest BCUT2D eigenvalue weighted by Gasteiger charge is 1.99. The molecule has 0 fully saturated rings. The van der Waals surface area contributed by atoms with E-state index in [0.29, 0.717) is 5.02 Å². The molecule has 0 heterocycles. The first-order chi connectivity index (χ1) is 4.74. The number of nitrogen functional groups attached to an aromatic ring is 1. The Balaban J connectivity index is 3.09. The lowest BCUT2D eigenvalue weighted by Gasteiger charge is -1.99. The lowest BCUT2D eigenvalue weighted by molar-refractivity contribution is 0.628. The molecular weight excluding hydrogens is 155 g/mol. The van der Waals surface area contributed by atoms with Gasteiger partial charge in [-0.05, 0) is 12.1 Å². The Kier molecular flexibility index (Phi) is 2.09. The van der Waals surface area contributed by atoms with Crippen LogP contribution in [0.1, 0.15) is 0 Å². The van der Waals surface area contributed by atoms with Gasteiger partial charge in [-0.2, -0.15) is 0 Å². The van der Waals surface area contributed by atoms with Crippen molar-refractivity contribution in [1.82, 2.24) is 0 Å². The maximum Gasteiger partial charge on any atom is 0.155 e. The van der Waals surface area contributed by atoms with Crippen LogP contribution in [0.4, 0.5) is 10.1 Å². The zero-order valence-corrected chi connectivity index (χ0v) is 5.74. The molecular formula is C6H5ClFN2. The Morgan fingerprint density at radius 2 is 2.40 bits per heavy atom. The largest absolute Gasteiger partial charge is 0.321 e. The molecule has 0 amide bonds. The zero-order chi connectivity index (χ0) is 7.56. The summed E-state index contributed by atoms with van der Waals surface area (Å²) in [7, 11) is 0. The second-order valence-electron chi connectivity index (χ2n) is 1.69. The van der Waals surface area contributed by atoms with E-state index in [1.54, 1.807) is 0 Å². The third kappa shape index (κ3) is 1.37. The van der Waals surface area contributed by atoms with Gasteiger partial charge in [-0.1, -0.05) is 11.6 Å². The highest BCUT2D eigenvalue weighted by molar-refractivity contribution is 6.30. The number of benzene rings is 1. The van der Waals surface area contributed by atoms with E-state index in [2.05, 4.69) is 11.5 Å². The molecule has 0 unspecified atom stereocenters. The minimum Gasteiger partial charge on any atom is -0.321 e. The van der Waals surface area contributed by atoms with E-state index in [4.69, 9.17) is 17.4 Å². The van der Waals surface area contributed by atoms with Gasteiger partial charge in [0.25, 0.3) is 0 Å². The number of halogens is 2. The highest BCUT2D eigenvalue weighted by atomic mass is 35.5. The molecule has 1 aromatic carbocycles. The van der Waals surface area contributed by atoms with Crippen molar-refractivity contribution in [2.45, 2.75) is 0 Å². The van der Waals surface area contributed by atoms with Crippen LogP contribution in [0.2, 0.25) is 5.02 Å². The number of anilines is 1.